The molecule has 2 aliphatic carbocycles. The monoisotopic (exact) mass is 355 g/mol. The van der Waals surface area contributed by atoms with Crippen LogP contribution in [0.3, 0.4) is 0 Å². The Balaban J connectivity index is 1.27. The van der Waals surface area contributed by atoms with Gasteiger partial charge in [-0.3, -0.25) is 14.5 Å². The Kier molecular flexibility index (Phi) is 4.74. The van der Waals surface area contributed by atoms with E-state index < -0.39 is 0 Å². The van der Waals surface area contributed by atoms with Crippen LogP contribution in [0.2, 0.25) is 0 Å². The molecule has 1 saturated heterocycles. The first-order valence-corrected chi connectivity index (χ1v) is 9.92. The Bertz CT molecular complexity index is 682. The van der Waals surface area contributed by atoms with Crippen molar-refractivity contribution in [3.8, 4) is 0 Å². The Morgan fingerprint density at radius 2 is 1.81 bits per heavy atom. The van der Waals surface area contributed by atoms with Crippen molar-refractivity contribution < 1.29 is 9.59 Å². The molecule has 4 rings (SSSR count). The number of carbonyl (C=O) groups excluding carboxylic acids is 2. The van der Waals surface area contributed by atoms with Crippen LogP contribution in [0.15, 0.2) is 24.3 Å². The molecule has 1 heterocycles. The number of carbonyl (C=O) groups is 2. The summed E-state index contributed by atoms with van der Waals surface area (Å²) in [4.78, 5) is 29.0. The Morgan fingerprint density at radius 3 is 2.42 bits per heavy atom. The first kappa shape index (κ1) is 17.5. The van der Waals surface area contributed by atoms with E-state index in [1.54, 1.807) is 31.3 Å². The first-order chi connectivity index (χ1) is 12.6. The van der Waals surface area contributed by atoms with Crippen LogP contribution in [0.5, 0.6) is 0 Å². The van der Waals surface area contributed by atoms with Crippen molar-refractivity contribution >= 4 is 11.8 Å². The largest absolute Gasteiger partial charge is 0.355 e. The lowest BCUT2D eigenvalue weighted by Crippen LogP contribution is -2.52. The van der Waals surface area contributed by atoms with Crippen LogP contribution in [0.1, 0.15) is 52.8 Å². The van der Waals surface area contributed by atoms with Crippen molar-refractivity contribution in [2.24, 2.45) is 11.3 Å². The normalized spacial score (nSPS) is 22.6. The maximum atomic E-state index is 12.8. The van der Waals surface area contributed by atoms with E-state index in [0.717, 1.165) is 37.5 Å². The van der Waals surface area contributed by atoms with Crippen LogP contribution < -0.4 is 5.32 Å². The van der Waals surface area contributed by atoms with Crippen LogP contribution in [0.4, 0.5) is 0 Å². The number of nitrogens with one attached hydrogen (secondary N) is 1. The molecule has 0 atom stereocenters. The van der Waals surface area contributed by atoms with E-state index in [0.29, 0.717) is 11.1 Å². The fourth-order valence-electron chi connectivity index (χ4n) is 5.00. The molecule has 26 heavy (non-hydrogen) atoms. The molecule has 1 aromatic carbocycles. The van der Waals surface area contributed by atoms with Gasteiger partial charge in [-0.2, -0.15) is 0 Å². The summed E-state index contributed by atoms with van der Waals surface area (Å²) in [5.74, 6) is 0.753. The Hall–Kier alpha value is -1.88. The van der Waals surface area contributed by atoms with Gasteiger partial charge in [0.2, 0.25) is 0 Å². The topological polar surface area (TPSA) is 52.7 Å². The quantitative estimate of drug-likeness (QED) is 0.902. The minimum atomic E-state index is -0.158. The number of nitrogens with zero attached hydrogens (tertiary/aromatic N) is 2. The minimum Gasteiger partial charge on any atom is -0.355 e. The van der Waals surface area contributed by atoms with Crippen LogP contribution >= 0.6 is 0 Å². The number of amides is 2. The van der Waals surface area contributed by atoms with Gasteiger partial charge in [-0.1, -0.05) is 12.5 Å². The molecule has 0 aromatic heterocycles. The molecule has 0 bridgehead atoms. The van der Waals surface area contributed by atoms with Crippen molar-refractivity contribution in [2.45, 2.75) is 32.1 Å². The molecule has 1 N–H and O–H groups in total. The van der Waals surface area contributed by atoms with E-state index >= 15 is 0 Å². The molecule has 0 radical (unpaired) electrons. The molecule has 0 unspecified atom stereocenters. The van der Waals surface area contributed by atoms with Gasteiger partial charge in [-0.05, 0) is 55.2 Å². The standard InChI is InChI=1S/C21H29N3O2/c1-22-19(25)17-4-2-5-18(12-17)20(26)24-10-8-23(9-11-24)15-16-13-21(14-16)6-3-7-21/h2,4-5,12,16H,3,6-11,13-15H2,1H3,(H,22,25). The summed E-state index contributed by atoms with van der Waals surface area (Å²) in [6.07, 6.45) is 7.22. The van der Waals surface area contributed by atoms with Crippen molar-refractivity contribution in [1.29, 1.82) is 0 Å². The zero-order chi connectivity index (χ0) is 18.1. The molecule has 3 fully saturated rings. The predicted molar refractivity (Wildman–Crippen MR) is 101 cm³/mol. The highest BCUT2D eigenvalue weighted by molar-refractivity contribution is 5.99. The maximum absolute atomic E-state index is 12.8. The van der Waals surface area contributed by atoms with Gasteiger partial charge in [0, 0.05) is 50.9 Å². The Morgan fingerprint density at radius 1 is 1.12 bits per heavy atom. The zero-order valence-corrected chi connectivity index (χ0v) is 15.7. The molecule has 5 heteroatoms. The molecule has 3 aliphatic rings. The van der Waals surface area contributed by atoms with E-state index in [4.69, 9.17) is 0 Å². The average Bonchev–Trinajstić information content (AvgIpc) is 2.62. The van der Waals surface area contributed by atoms with Crippen molar-refractivity contribution in [3.63, 3.8) is 0 Å². The third kappa shape index (κ3) is 3.37. The summed E-state index contributed by atoms with van der Waals surface area (Å²) in [5, 5.41) is 2.61. The van der Waals surface area contributed by atoms with Gasteiger partial charge in [0.05, 0.1) is 0 Å². The molecular weight excluding hydrogens is 326 g/mol. The van der Waals surface area contributed by atoms with Crippen molar-refractivity contribution in [2.75, 3.05) is 39.8 Å². The van der Waals surface area contributed by atoms with Crippen LogP contribution in [-0.2, 0) is 0 Å². The van der Waals surface area contributed by atoms with E-state index in [1.165, 1.54) is 38.6 Å². The summed E-state index contributed by atoms with van der Waals surface area (Å²) in [6.45, 7) is 4.69. The van der Waals surface area contributed by atoms with Crippen LogP contribution in [0.25, 0.3) is 0 Å². The summed E-state index contributed by atoms with van der Waals surface area (Å²) in [6, 6.07) is 7.01. The molecule has 1 spiro atoms. The van der Waals surface area contributed by atoms with Gasteiger partial charge < -0.3 is 10.2 Å². The summed E-state index contributed by atoms with van der Waals surface area (Å²) in [7, 11) is 1.60. The molecule has 1 aliphatic heterocycles. The molecule has 5 nitrogen and oxygen atoms in total. The highest BCUT2D eigenvalue weighted by Gasteiger charge is 2.48. The Labute approximate surface area is 155 Å². The van der Waals surface area contributed by atoms with Gasteiger partial charge in [0.15, 0.2) is 0 Å². The van der Waals surface area contributed by atoms with Gasteiger partial charge in [0.25, 0.3) is 11.8 Å². The molecule has 140 valence electrons. The third-order valence-corrected chi connectivity index (χ3v) is 6.63. The van der Waals surface area contributed by atoms with Gasteiger partial charge in [-0.15, -0.1) is 0 Å². The number of rotatable bonds is 4. The molecule has 2 amide bonds. The number of benzene rings is 1. The highest BCUT2D eigenvalue weighted by Crippen LogP contribution is 2.58. The van der Waals surface area contributed by atoms with Crippen molar-refractivity contribution in [1.82, 2.24) is 15.1 Å². The second kappa shape index (κ2) is 7.03. The van der Waals surface area contributed by atoms with Gasteiger partial charge in [0.1, 0.15) is 0 Å². The van der Waals surface area contributed by atoms with E-state index in [1.807, 2.05) is 4.90 Å². The number of hydrogen-bond acceptors (Lipinski definition) is 3. The summed E-state index contributed by atoms with van der Waals surface area (Å²) in [5.41, 5.74) is 1.88. The van der Waals surface area contributed by atoms with Gasteiger partial charge >= 0.3 is 0 Å². The van der Waals surface area contributed by atoms with Gasteiger partial charge in [-0.25, -0.2) is 0 Å². The lowest BCUT2D eigenvalue weighted by Gasteiger charge is -2.55. The fourth-order valence-corrected chi connectivity index (χ4v) is 5.00. The second-order valence-electron chi connectivity index (χ2n) is 8.38. The third-order valence-electron chi connectivity index (χ3n) is 6.63. The SMILES string of the molecule is CNC(=O)c1cccc(C(=O)N2CCN(CC3CC4(CCC4)C3)CC2)c1. The molecular formula is C21H29N3O2. The number of hydrogen-bond donors (Lipinski definition) is 1. The van der Waals surface area contributed by atoms with Crippen LogP contribution in [0, 0.1) is 11.3 Å². The first-order valence-electron chi connectivity index (χ1n) is 9.92. The summed E-state index contributed by atoms with van der Waals surface area (Å²) >= 11 is 0. The highest BCUT2D eigenvalue weighted by atomic mass is 16.2. The molecule has 2 saturated carbocycles. The average molecular weight is 355 g/mol. The van der Waals surface area contributed by atoms with E-state index in [-0.39, 0.29) is 11.8 Å². The number of piperazine rings is 1. The lowest BCUT2D eigenvalue weighted by atomic mass is 9.52. The van der Waals surface area contributed by atoms with E-state index in [2.05, 4.69) is 10.2 Å². The second-order valence-corrected chi connectivity index (χ2v) is 8.38. The minimum absolute atomic E-state index is 0.0347. The maximum Gasteiger partial charge on any atom is 0.253 e. The molecule has 1 aromatic rings. The fraction of sp³-hybridized carbons (Fsp3) is 0.619. The summed E-state index contributed by atoms with van der Waals surface area (Å²) < 4.78 is 0. The lowest BCUT2D eigenvalue weighted by molar-refractivity contribution is -0.0413. The smallest absolute Gasteiger partial charge is 0.253 e. The zero-order valence-electron chi connectivity index (χ0n) is 15.7. The van der Waals surface area contributed by atoms with Crippen molar-refractivity contribution in [3.05, 3.63) is 35.4 Å². The van der Waals surface area contributed by atoms with Crippen LogP contribution in [-0.4, -0.2) is 61.4 Å². The van der Waals surface area contributed by atoms with E-state index in [9.17, 15) is 9.59 Å². The predicted octanol–water partition coefficient (Wildman–Crippen LogP) is 2.38.